The summed E-state index contributed by atoms with van der Waals surface area (Å²) in [7, 11) is 0. The summed E-state index contributed by atoms with van der Waals surface area (Å²) in [4.78, 5) is 0. The van der Waals surface area contributed by atoms with Crippen molar-refractivity contribution in [1.29, 1.82) is 0 Å². The van der Waals surface area contributed by atoms with Crippen LogP contribution in [0.3, 0.4) is 0 Å². The Balaban J connectivity index is 1.63. The lowest BCUT2D eigenvalue weighted by Gasteiger charge is -2.32. The highest BCUT2D eigenvalue weighted by Gasteiger charge is 2.34. The molecule has 6 rings (SSSR count). The Labute approximate surface area is 190 Å². The third kappa shape index (κ3) is 3.35. The van der Waals surface area contributed by atoms with E-state index in [2.05, 4.69) is 95.6 Å². The van der Waals surface area contributed by atoms with Gasteiger partial charge in [-0.05, 0) is 36.1 Å². The lowest BCUT2D eigenvalue weighted by molar-refractivity contribution is 0.227. The second kappa shape index (κ2) is 8.35. The van der Waals surface area contributed by atoms with E-state index in [0.717, 1.165) is 5.75 Å². The van der Waals surface area contributed by atoms with Gasteiger partial charge in [0.25, 0.3) is 0 Å². The molecule has 1 fully saturated rings. The Morgan fingerprint density at radius 3 is 2.06 bits per heavy atom. The van der Waals surface area contributed by atoms with E-state index < -0.39 is 0 Å². The highest BCUT2D eigenvalue weighted by Crippen LogP contribution is 2.49. The zero-order valence-corrected chi connectivity index (χ0v) is 18.4. The van der Waals surface area contributed by atoms with Crippen molar-refractivity contribution in [2.45, 2.75) is 50.7 Å². The standard InChI is InChI=1S/C30H29NO/c1-2-10-18-24(17-9-1)31-27(22-13-5-3-6-14-22)21-26-25-19-11-12-20-28(25)32-30(29(26)31)23-15-7-4-8-16-23/h3-8,11-16,19-21,24,30H,1-2,9-10,17-18H2/t30-/m1/s1. The molecule has 1 saturated carbocycles. The molecule has 0 spiro atoms. The molecule has 0 radical (unpaired) electrons. The third-order valence-electron chi connectivity index (χ3n) is 7.11. The first-order chi connectivity index (χ1) is 15.9. The minimum atomic E-state index is -0.0955. The number of aromatic nitrogens is 1. The molecule has 2 aliphatic rings. The van der Waals surface area contributed by atoms with E-state index in [0.29, 0.717) is 6.04 Å². The Kier molecular flexibility index (Phi) is 5.07. The Bertz CT molecular complexity index is 1200. The van der Waals surface area contributed by atoms with Gasteiger partial charge in [0.1, 0.15) is 5.75 Å². The zero-order valence-electron chi connectivity index (χ0n) is 18.4. The maximum Gasteiger partial charge on any atom is 0.164 e. The number of benzene rings is 3. The Morgan fingerprint density at radius 2 is 1.31 bits per heavy atom. The molecule has 0 bridgehead atoms. The molecule has 2 heteroatoms. The van der Waals surface area contributed by atoms with Crippen LogP contribution in [0.1, 0.15) is 61.9 Å². The van der Waals surface area contributed by atoms with Crippen LogP contribution in [-0.2, 0) is 0 Å². The Morgan fingerprint density at radius 1 is 0.656 bits per heavy atom. The van der Waals surface area contributed by atoms with Gasteiger partial charge in [-0.3, -0.25) is 0 Å². The SMILES string of the molecule is c1ccc(-c2cc3c(n2C2CCCCCC2)[C@@H](c2ccccc2)Oc2ccccc2-3)cc1. The number of fused-ring (bicyclic) bond motifs is 3. The molecule has 1 aliphatic carbocycles. The molecule has 0 amide bonds. The second-order valence-electron chi connectivity index (χ2n) is 9.11. The summed E-state index contributed by atoms with van der Waals surface area (Å²) in [6, 6.07) is 33.1. The maximum atomic E-state index is 6.74. The van der Waals surface area contributed by atoms with Crippen molar-refractivity contribution in [3.8, 4) is 28.1 Å². The van der Waals surface area contributed by atoms with Gasteiger partial charge >= 0.3 is 0 Å². The lowest BCUT2D eigenvalue weighted by Crippen LogP contribution is -2.22. The van der Waals surface area contributed by atoms with Gasteiger partial charge in [0, 0.05) is 22.9 Å². The molecule has 160 valence electrons. The van der Waals surface area contributed by atoms with Crippen LogP contribution in [-0.4, -0.2) is 4.57 Å². The molecule has 32 heavy (non-hydrogen) atoms. The van der Waals surface area contributed by atoms with Gasteiger partial charge in [-0.1, -0.05) is 105 Å². The molecule has 3 aromatic carbocycles. The first-order valence-electron chi connectivity index (χ1n) is 12.0. The summed E-state index contributed by atoms with van der Waals surface area (Å²) in [6.45, 7) is 0. The van der Waals surface area contributed by atoms with Crippen molar-refractivity contribution in [3.05, 3.63) is 102 Å². The highest BCUT2D eigenvalue weighted by atomic mass is 16.5. The van der Waals surface area contributed by atoms with Crippen LogP contribution in [0.15, 0.2) is 91.0 Å². The van der Waals surface area contributed by atoms with Crippen molar-refractivity contribution in [2.24, 2.45) is 0 Å². The van der Waals surface area contributed by atoms with E-state index in [1.807, 2.05) is 0 Å². The fraction of sp³-hybridized carbons (Fsp3) is 0.267. The van der Waals surface area contributed by atoms with Crippen molar-refractivity contribution >= 4 is 0 Å². The van der Waals surface area contributed by atoms with E-state index in [1.54, 1.807) is 0 Å². The minimum Gasteiger partial charge on any atom is -0.479 e. The van der Waals surface area contributed by atoms with Crippen LogP contribution < -0.4 is 4.74 Å². The Hall–Kier alpha value is -3.26. The number of para-hydroxylation sites is 1. The monoisotopic (exact) mass is 419 g/mol. The first kappa shape index (κ1) is 19.4. The summed E-state index contributed by atoms with van der Waals surface area (Å²) in [6.07, 6.45) is 7.69. The normalized spacial score (nSPS) is 18.3. The smallest absolute Gasteiger partial charge is 0.164 e. The van der Waals surface area contributed by atoms with Crippen LogP contribution in [0.4, 0.5) is 0 Å². The van der Waals surface area contributed by atoms with Crippen molar-refractivity contribution in [1.82, 2.24) is 4.57 Å². The first-order valence-corrected chi connectivity index (χ1v) is 12.0. The summed E-state index contributed by atoms with van der Waals surface area (Å²) >= 11 is 0. The molecule has 2 nitrogen and oxygen atoms in total. The average Bonchev–Trinajstić information content (AvgIpc) is 3.06. The highest BCUT2D eigenvalue weighted by molar-refractivity contribution is 5.81. The van der Waals surface area contributed by atoms with Gasteiger partial charge in [0.05, 0.1) is 5.69 Å². The summed E-state index contributed by atoms with van der Waals surface area (Å²) < 4.78 is 9.39. The molecular weight excluding hydrogens is 390 g/mol. The van der Waals surface area contributed by atoms with Crippen LogP contribution in [0, 0.1) is 0 Å². The van der Waals surface area contributed by atoms with Crippen LogP contribution in [0.2, 0.25) is 0 Å². The molecule has 1 aromatic heterocycles. The zero-order chi connectivity index (χ0) is 21.3. The molecule has 0 saturated heterocycles. The molecule has 2 heterocycles. The largest absolute Gasteiger partial charge is 0.479 e. The summed E-state index contributed by atoms with van der Waals surface area (Å²) in [5.41, 5.74) is 7.68. The van der Waals surface area contributed by atoms with Gasteiger partial charge in [-0.25, -0.2) is 0 Å². The summed E-state index contributed by atoms with van der Waals surface area (Å²) in [5.74, 6) is 0.978. The van der Waals surface area contributed by atoms with Gasteiger partial charge in [0.15, 0.2) is 6.10 Å². The van der Waals surface area contributed by atoms with Crippen molar-refractivity contribution < 1.29 is 4.74 Å². The molecule has 1 aliphatic heterocycles. The number of ether oxygens (including phenoxy) is 1. The van der Waals surface area contributed by atoms with Gasteiger partial charge in [0.2, 0.25) is 0 Å². The molecule has 4 aromatic rings. The lowest BCUT2D eigenvalue weighted by atomic mass is 9.94. The topological polar surface area (TPSA) is 14.2 Å². The number of nitrogens with zero attached hydrogens (tertiary/aromatic N) is 1. The minimum absolute atomic E-state index is 0.0955. The van der Waals surface area contributed by atoms with E-state index in [4.69, 9.17) is 4.74 Å². The molecule has 1 atom stereocenters. The van der Waals surface area contributed by atoms with Crippen molar-refractivity contribution in [2.75, 3.05) is 0 Å². The molecular formula is C30H29NO. The quantitative estimate of drug-likeness (QED) is 0.305. The van der Waals surface area contributed by atoms with E-state index in [9.17, 15) is 0 Å². The molecule has 0 N–H and O–H groups in total. The van der Waals surface area contributed by atoms with Crippen LogP contribution in [0.5, 0.6) is 5.75 Å². The number of rotatable bonds is 3. The molecule has 0 unspecified atom stereocenters. The maximum absolute atomic E-state index is 6.74. The van der Waals surface area contributed by atoms with Gasteiger partial charge < -0.3 is 9.30 Å². The van der Waals surface area contributed by atoms with Gasteiger partial charge in [-0.15, -0.1) is 0 Å². The van der Waals surface area contributed by atoms with E-state index in [-0.39, 0.29) is 6.10 Å². The van der Waals surface area contributed by atoms with Gasteiger partial charge in [-0.2, -0.15) is 0 Å². The van der Waals surface area contributed by atoms with E-state index in [1.165, 1.54) is 72.2 Å². The average molecular weight is 420 g/mol. The predicted octanol–water partition coefficient (Wildman–Crippen LogP) is 8.20. The fourth-order valence-corrected chi connectivity index (χ4v) is 5.59. The van der Waals surface area contributed by atoms with Crippen LogP contribution in [0.25, 0.3) is 22.4 Å². The van der Waals surface area contributed by atoms with Crippen molar-refractivity contribution in [3.63, 3.8) is 0 Å². The summed E-state index contributed by atoms with van der Waals surface area (Å²) in [5, 5.41) is 0. The number of hydrogen-bond donors (Lipinski definition) is 0. The van der Waals surface area contributed by atoms with E-state index >= 15 is 0 Å². The second-order valence-corrected chi connectivity index (χ2v) is 9.11. The number of hydrogen-bond acceptors (Lipinski definition) is 1. The van der Waals surface area contributed by atoms with Crippen LogP contribution >= 0.6 is 0 Å². The third-order valence-corrected chi connectivity index (χ3v) is 7.11. The predicted molar refractivity (Wildman–Crippen MR) is 131 cm³/mol. The fourth-order valence-electron chi connectivity index (χ4n) is 5.59.